The van der Waals surface area contributed by atoms with Gasteiger partial charge in [-0.05, 0) is 56.1 Å². The van der Waals surface area contributed by atoms with Gasteiger partial charge >= 0.3 is 0 Å². The molecule has 2 heterocycles. The monoisotopic (exact) mass is 261 g/mol. The van der Waals surface area contributed by atoms with Crippen LogP contribution in [0.5, 0.6) is 0 Å². The third kappa shape index (κ3) is 2.98. The molecule has 0 saturated carbocycles. The van der Waals surface area contributed by atoms with E-state index in [2.05, 4.69) is 15.5 Å². The Morgan fingerprint density at radius 2 is 2.16 bits per heavy atom. The first kappa shape index (κ1) is 12.3. The molecule has 1 atom stereocenters. The average Bonchev–Trinajstić information content (AvgIpc) is 2.89. The lowest BCUT2D eigenvalue weighted by atomic mass is 9.96. The van der Waals surface area contributed by atoms with Crippen molar-refractivity contribution < 1.29 is 8.91 Å². The Labute approximate surface area is 111 Å². The molecule has 1 aliphatic heterocycles. The molecule has 19 heavy (non-hydrogen) atoms. The molecule has 1 aromatic heterocycles. The van der Waals surface area contributed by atoms with Crippen LogP contribution in [-0.4, -0.2) is 23.2 Å². The van der Waals surface area contributed by atoms with Crippen molar-refractivity contribution >= 4 is 0 Å². The van der Waals surface area contributed by atoms with Crippen LogP contribution in [0.3, 0.4) is 0 Å². The molecule has 100 valence electrons. The third-order valence-electron chi connectivity index (χ3n) is 3.43. The van der Waals surface area contributed by atoms with Gasteiger partial charge in [0.1, 0.15) is 5.82 Å². The van der Waals surface area contributed by atoms with Crippen molar-refractivity contribution in [2.24, 2.45) is 5.92 Å². The Morgan fingerprint density at radius 3 is 2.89 bits per heavy atom. The van der Waals surface area contributed by atoms with Gasteiger partial charge in [-0.2, -0.15) is 4.98 Å². The summed E-state index contributed by atoms with van der Waals surface area (Å²) in [7, 11) is 0. The van der Waals surface area contributed by atoms with E-state index in [4.69, 9.17) is 4.52 Å². The standard InChI is InChI=1S/C14H16FN3O/c15-12-5-3-11(4-6-12)14-17-13(19-18-14)8-10-2-1-7-16-9-10/h3-6,10,16H,1-2,7-9H2. The maximum absolute atomic E-state index is 12.8. The molecule has 0 bridgehead atoms. The van der Waals surface area contributed by atoms with Crippen LogP contribution in [0.25, 0.3) is 11.4 Å². The van der Waals surface area contributed by atoms with E-state index in [1.165, 1.54) is 25.0 Å². The Balaban J connectivity index is 1.70. The number of halogens is 1. The van der Waals surface area contributed by atoms with E-state index in [0.29, 0.717) is 17.6 Å². The highest BCUT2D eigenvalue weighted by atomic mass is 19.1. The first-order chi connectivity index (χ1) is 9.31. The van der Waals surface area contributed by atoms with Gasteiger partial charge in [0.2, 0.25) is 11.7 Å². The molecule has 0 aliphatic carbocycles. The summed E-state index contributed by atoms with van der Waals surface area (Å²) in [5.41, 5.74) is 0.776. The molecule has 3 rings (SSSR count). The van der Waals surface area contributed by atoms with Crippen molar-refractivity contribution in [2.75, 3.05) is 13.1 Å². The lowest BCUT2D eigenvalue weighted by Crippen LogP contribution is -2.30. The van der Waals surface area contributed by atoms with Crippen LogP contribution in [-0.2, 0) is 6.42 Å². The van der Waals surface area contributed by atoms with Crippen molar-refractivity contribution in [3.63, 3.8) is 0 Å². The highest BCUT2D eigenvalue weighted by Gasteiger charge is 2.17. The fourth-order valence-corrected chi connectivity index (χ4v) is 2.40. The number of aromatic nitrogens is 2. The zero-order chi connectivity index (χ0) is 13.1. The Morgan fingerprint density at radius 1 is 1.32 bits per heavy atom. The largest absolute Gasteiger partial charge is 0.339 e. The molecular formula is C14H16FN3O. The van der Waals surface area contributed by atoms with Crippen LogP contribution in [0.1, 0.15) is 18.7 Å². The normalized spacial score (nSPS) is 19.5. The second kappa shape index (κ2) is 5.48. The first-order valence-electron chi connectivity index (χ1n) is 6.60. The number of piperidine rings is 1. The molecule has 0 radical (unpaired) electrons. The topological polar surface area (TPSA) is 51.0 Å². The first-order valence-corrected chi connectivity index (χ1v) is 6.60. The quantitative estimate of drug-likeness (QED) is 0.922. The molecule has 0 amide bonds. The molecule has 1 fully saturated rings. The second-order valence-electron chi connectivity index (χ2n) is 4.94. The summed E-state index contributed by atoms with van der Waals surface area (Å²) in [5.74, 6) is 1.49. The van der Waals surface area contributed by atoms with Crippen molar-refractivity contribution in [2.45, 2.75) is 19.3 Å². The van der Waals surface area contributed by atoms with Crippen molar-refractivity contribution in [3.8, 4) is 11.4 Å². The summed E-state index contributed by atoms with van der Waals surface area (Å²) in [6.07, 6.45) is 3.20. The van der Waals surface area contributed by atoms with E-state index in [9.17, 15) is 4.39 Å². The number of nitrogens with one attached hydrogen (secondary N) is 1. The van der Waals surface area contributed by atoms with Gasteiger partial charge in [-0.15, -0.1) is 0 Å². The molecule has 1 aliphatic rings. The SMILES string of the molecule is Fc1ccc(-c2noc(CC3CCCNC3)n2)cc1. The lowest BCUT2D eigenvalue weighted by molar-refractivity contribution is 0.316. The maximum atomic E-state index is 12.8. The minimum absolute atomic E-state index is 0.263. The van der Waals surface area contributed by atoms with E-state index < -0.39 is 0 Å². The number of rotatable bonds is 3. The molecule has 1 unspecified atom stereocenters. The van der Waals surface area contributed by atoms with E-state index >= 15 is 0 Å². The fraction of sp³-hybridized carbons (Fsp3) is 0.429. The number of benzene rings is 1. The summed E-state index contributed by atoms with van der Waals surface area (Å²) in [5, 5.41) is 7.32. The van der Waals surface area contributed by atoms with Gasteiger partial charge in [0.15, 0.2) is 0 Å². The third-order valence-corrected chi connectivity index (χ3v) is 3.43. The summed E-state index contributed by atoms with van der Waals surface area (Å²) in [6, 6.07) is 6.12. The van der Waals surface area contributed by atoms with Crippen LogP contribution < -0.4 is 5.32 Å². The van der Waals surface area contributed by atoms with E-state index in [1.807, 2.05) is 0 Å². The van der Waals surface area contributed by atoms with Gasteiger partial charge in [0, 0.05) is 12.0 Å². The van der Waals surface area contributed by atoms with Crippen LogP contribution >= 0.6 is 0 Å². The lowest BCUT2D eigenvalue weighted by Gasteiger charge is -2.20. The van der Waals surface area contributed by atoms with Gasteiger partial charge in [-0.25, -0.2) is 4.39 Å². The summed E-state index contributed by atoms with van der Waals surface area (Å²) < 4.78 is 18.1. The molecule has 1 saturated heterocycles. The van der Waals surface area contributed by atoms with Crippen molar-refractivity contribution in [1.29, 1.82) is 0 Å². The molecule has 1 aromatic carbocycles. The highest BCUT2D eigenvalue weighted by molar-refractivity contribution is 5.53. The Bertz CT molecular complexity index is 532. The highest BCUT2D eigenvalue weighted by Crippen LogP contribution is 2.19. The van der Waals surface area contributed by atoms with Gasteiger partial charge in [-0.3, -0.25) is 0 Å². The molecule has 2 aromatic rings. The van der Waals surface area contributed by atoms with Crippen LogP contribution in [0.2, 0.25) is 0 Å². The van der Waals surface area contributed by atoms with Crippen molar-refractivity contribution in [1.82, 2.24) is 15.5 Å². The van der Waals surface area contributed by atoms with E-state index in [-0.39, 0.29) is 5.82 Å². The summed E-state index contributed by atoms with van der Waals surface area (Å²) in [6.45, 7) is 2.11. The van der Waals surface area contributed by atoms with Gasteiger partial charge in [0.25, 0.3) is 0 Å². The molecule has 4 nitrogen and oxygen atoms in total. The minimum Gasteiger partial charge on any atom is -0.339 e. The maximum Gasteiger partial charge on any atom is 0.227 e. The van der Waals surface area contributed by atoms with Gasteiger partial charge < -0.3 is 9.84 Å². The Hall–Kier alpha value is -1.75. The summed E-state index contributed by atoms with van der Waals surface area (Å²) in [4.78, 5) is 4.38. The molecule has 1 N–H and O–H groups in total. The number of hydrogen-bond donors (Lipinski definition) is 1. The molecule has 0 spiro atoms. The predicted octanol–water partition coefficient (Wildman–Crippen LogP) is 2.42. The number of nitrogens with zero attached hydrogens (tertiary/aromatic N) is 2. The van der Waals surface area contributed by atoms with Gasteiger partial charge in [0.05, 0.1) is 0 Å². The number of hydrogen-bond acceptors (Lipinski definition) is 4. The van der Waals surface area contributed by atoms with Crippen molar-refractivity contribution in [3.05, 3.63) is 36.0 Å². The minimum atomic E-state index is -0.263. The molecule has 5 heteroatoms. The predicted molar refractivity (Wildman–Crippen MR) is 69.0 cm³/mol. The fourth-order valence-electron chi connectivity index (χ4n) is 2.40. The van der Waals surface area contributed by atoms with Crippen LogP contribution in [0, 0.1) is 11.7 Å². The zero-order valence-corrected chi connectivity index (χ0v) is 10.6. The smallest absolute Gasteiger partial charge is 0.227 e. The summed E-state index contributed by atoms with van der Waals surface area (Å²) >= 11 is 0. The Kier molecular flexibility index (Phi) is 3.55. The van der Waals surface area contributed by atoms with Crippen LogP contribution in [0.15, 0.2) is 28.8 Å². The van der Waals surface area contributed by atoms with E-state index in [0.717, 1.165) is 25.1 Å². The van der Waals surface area contributed by atoms with E-state index in [1.54, 1.807) is 12.1 Å². The average molecular weight is 261 g/mol. The van der Waals surface area contributed by atoms with Gasteiger partial charge in [-0.1, -0.05) is 5.16 Å². The second-order valence-corrected chi connectivity index (χ2v) is 4.94. The molecular weight excluding hydrogens is 245 g/mol. The van der Waals surface area contributed by atoms with Crippen LogP contribution in [0.4, 0.5) is 4.39 Å². The zero-order valence-electron chi connectivity index (χ0n) is 10.6.